The van der Waals surface area contributed by atoms with Crippen LogP contribution in [0.25, 0.3) is 0 Å². The fraction of sp³-hybridized carbons (Fsp3) is 0.417. The van der Waals surface area contributed by atoms with E-state index in [1.54, 1.807) is 11.8 Å². The summed E-state index contributed by atoms with van der Waals surface area (Å²) in [5.74, 6) is 0.803. The first-order valence-electron chi connectivity index (χ1n) is 5.50. The SMILES string of the molecule is CC1Sc2ccc(CN(C)CS)cc2NC1=O. The van der Waals surface area contributed by atoms with Gasteiger partial charge in [-0.05, 0) is 31.7 Å². The van der Waals surface area contributed by atoms with Gasteiger partial charge in [-0.3, -0.25) is 9.69 Å². The minimum atomic E-state index is -0.00605. The summed E-state index contributed by atoms with van der Waals surface area (Å²) in [6, 6.07) is 6.24. The van der Waals surface area contributed by atoms with Crippen molar-refractivity contribution in [1.29, 1.82) is 0 Å². The number of hydrogen-bond acceptors (Lipinski definition) is 4. The lowest BCUT2D eigenvalue weighted by atomic mass is 10.2. The third kappa shape index (κ3) is 2.97. The largest absolute Gasteiger partial charge is 0.324 e. The summed E-state index contributed by atoms with van der Waals surface area (Å²) in [4.78, 5) is 14.8. The number of anilines is 1. The van der Waals surface area contributed by atoms with Crippen LogP contribution in [-0.2, 0) is 11.3 Å². The molecule has 0 saturated carbocycles. The fourth-order valence-electron chi connectivity index (χ4n) is 1.72. The Hall–Kier alpha value is -0.650. The van der Waals surface area contributed by atoms with E-state index in [1.807, 2.05) is 20.0 Å². The number of carbonyl (C=O) groups is 1. The fourth-order valence-corrected chi connectivity index (χ4v) is 2.75. The molecule has 1 N–H and O–H groups in total. The zero-order valence-electron chi connectivity index (χ0n) is 9.93. The number of nitrogens with zero attached hydrogens (tertiary/aromatic N) is 1. The quantitative estimate of drug-likeness (QED) is 0.652. The first-order valence-corrected chi connectivity index (χ1v) is 7.01. The highest BCUT2D eigenvalue weighted by Gasteiger charge is 2.22. The Bertz CT molecular complexity index is 437. The molecule has 1 unspecified atom stereocenters. The van der Waals surface area contributed by atoms with Crippen LogP contribution in [0.2, 0.25) is 0 Å². The van der Waals surface area contributed by atoms with Gasteiger partial charge in [-0.1, -0.05) is 6.07 Å². The molecule has 2 rings (SSSR count). The van der Waals surface area contributed by atoms with Crippen LogP contribution in [0.4, 0.5) is 5.69 Å². The maximum absolute atomic E-state index is 11.6. The molecule has 3 nitrogen and oxygen atoms in total. The number of hydrogen-bond donors (Lipinski definition) is 2. The molecule has 92 valence electrons. The van der Waals surface area contributed by atoms with Crippen molar-refractivity contribution in [2.45, 2.75) is 23.6 Å². The molecule has 5 heteroatoms. The van der Waals surface area contributed by atoms with E-state index in [2.05, 4.69) is 35.0 Å². The molecule has 1 aliphatic rings. The van der Waals surface area contributed by atoms with Gasteiger partial charge in [0.05, 0.1) is 10.9 Å². The van der Waals surface area contributed by atoms with Crippen LogP contribution in [0.3, 0.4) is 0 Å². The Kier molecular flexibility index (Phi) is 4.01. The molecule has 1 aliphatic heterocycles. The summed E-state index contributed by atoms with van der Waals surface area (Å²) in [5, 5.41) is 2.94. The molecule has 1 aromatic carbocycles. The van der Waals surface area contributed by atoms with E-state index in [0.717, 1.165) is 23.0 Å². The van der Waals surface area contributed by atoms with Crippen LogP contribution in [0, 0.1) is 0 Å². The lowest BCUT2D eigenvalue weighted by Gasteiger charge is -2.22. The number of nitrogens with one attached hydrogen (secondary N) is 1. The second-order valence-electron chi connectivity index (χ2n) is 4.24. The normalized spacial score (nSPS) is 19.1. The van der Waals surface area contributed by atoms with Crippen molar-refractivity contribution in [3.8, 4) is 0 Å². The molecule has 0 aliphatic carbocycles. The molecule has 0 aromatic heterocycles. The van der Waals surface area contributed by atoms with Crippen molar-refractivity contribution in [2.24, 2.45) is 0 Å². The summed E-state index contributed by atoms with van der Waals surface area (Å²) in [7, 11) is 2.02. The molecule has 0 radical (unpaired) electrons. The van der Waals surface area contributed by atoms with Crippen LogP contribution in [-0.4, -0.2) is 29.0 Å². The van der Waals surface area contributed by atoms with Crippen molar-refractivity contribution in [2.75, 3.05) is 18.2 Å². The average molecular weight is 268 g/mol. The lowest BCUT2D eigenvalue weighted by Crippen LogP contribution is -2.26. The summed E-state index contributed by atoms with van der Waals surface area (Å²) < 4.78 is 0. The first kappa shape index (κ1) is 12.8. The molecule has 1 aromatic rings. The third-order valence-electron chi connectivity index (χ3n) is 2.67. The van der Waals surface area contributed by atoms with E-state index >= 15 is 0 Å². The number of fused-ring (bicyclic) bond motifs is 1. The van der Waals surface area contributed by atoms with E-state index in [0.29, 0.717) is 0 Å². The molecule has 0 spiro atoms. The van der Waals surface area contributed by atoms with Gasteiger partial charge >= 0.3 is 0 Å². The Balaban J connectivity index is 2.19. The highest BCUT2D eigenvalue weighted by Crippen LogP contribution is 2.36. The van der Waals surface area contributed by atoms with E-state index in [1.165, 1.54) is 5.56 Å². The van der Waals surface area contributed by atoms with E-state index in [9.17, 15) is 4.79 Å². The van der Waals surface area contributed by atoms with Crippen LogP contribution >= 0.6 is 24.4 Å². The molecule has 0 fully saturated rings. The molecule has 1 heterocycles. The van der Waals surface area contributed by atoms with Crippen molar-refractivity contribution in [3.05, 3.63) is 23.8 Å². The van der Waals surface area contributed by atoms with E-state index in [-0.39, 0.29) is 11.2 Å². The summed E-state index contributed by atoms with van der Waals surface area (Å²) >= 11 is 5.84. The van der Waals surface area contributed by atoms with Crippen LogP contribution in [0.15, 0.2) is 23.1 Å². The minimum absolute atomic E-state index is 0.00605. The molecule has 17 heavy (non-hydrogen) atoms. The highest BCUT2D eigenvalue weighted by molar-refractivity contribution is 8.00. The van der Waals surface area contributed by atoms with Gasteiger partial charge in [-0.15, -0.1) is 11.8 Å². The third-order valence-corrected chi connectivity index (χ3v) is 4.33. The Morgan fingerprint density at radius 2 is 2.29 bits per heavy atom. The van der Waals surface area contributed by atoms with Crippen molar-refractivity contribution in [1.82, 2.24) is 4.90 Å². The van der Waals surface area contributed by atoms with E-state index in [4.69, 9.17) is 0 Å². The number of carbonyl (C=O) groups excluding carboxylic acids is 1. The molecule has 0 bridgehead atoms. The van der Waals surface area contributed by atoms with Crippen LogP contribution in [0.1, 0.15) is 12.5 Å². The molecular formula is C12H16N2OS2. The van der Waals surface area contributed by atoms with Crippen molar-refractivity contribution >= 4 is 36.0 Å². The van der Waals surface area contributed by atoms with Gasteiger partial charge in [-0.25, -0.2) is 0 Å². The van der Waals surface area contributed by atoms with E-state index < -0.39 is 0 Å². The van der Waals surface area contributed by atoms with Gasteiger partial charge in [0.25, 0.3) is 0 Å². The topological polar surface area (TPSA) is 32.3 Å². The number of rotatable bonds is 3. The van der Waals surface area contributed by atoms with Gasteiger partial charge in [0.15, 0.2) is 0 Å². The Morgan fingerprint density at radius 3 is 3.00 bits per heavy atom. The predicted octanol–water partition coefficient (Wildman–Crippen LogP) is 2.44. The molecule has 0 saturated heterocycles. The number of thiol groups is 1. The van der Waals surface area contributed by atoms with Gasteiger partial charge < -0.3 is 5.32 Å². The minimum Gasteiger partial charge on any atom is -0.324 e. The maximum atomic E-state index is 11.6. The molecule has 1 amide bonds. The standard InChI is InChI=1S/C12H16N2OS2/c1-8-12(15)13-10-5-9(6-14(2)7-16)3-4-11(10)17-8/h3-5,8,16H,6-7H2,1-2H3,(H,13,15). The zero-order valence-corrected chi connectivity index (χ0v) is 11.6. The monoisotopic (exact) mass is 268 g/mol. The highest BCUT2D eigenvalue weighted by atomic mass is 32.2. The number of amides is 1. The van der Waals surface area contributed by atoms with Crippen LogP contribution in [0.5, 0.6) is 0 Å². The second kappa shape index (κ2) is 5.33. The van der Waals surface area contributed by atoms with Gasteiger partial charge in [-0.2, -0.15) is 12.6 Å². The van der Waals surface area contributed by atoms with Crippen molar-refractivity contribution in [3.63, 3.8) is 0 Å². The average Bonchev–Trinajstić information content (AvgIpc) is 2.31. The van der Waals surface area contributed by atoms with Crippen LogP contribution < -0.4 is 5.32 Å². The number of benzene rings is 1. The van der Waals surface area contributed by atoms with Gasteiger partial charge in [0, 0.05) is 17.3 Å². The Labute approximate surface area is 111 Å². The zero-order chi connectivity index (χ0) is 12.4. The first-order chi connectivity index (χ1) is 8.10. The summed E-state index contributed by atoms with van der Waals surface area (Å²) in [6.07, 6.45) is 0. The summed E-state index contributed by atoms with van der Waals surface area (Å²) in [6.45, 7) is 2.76. The lowest BCUT2D eigenvalue weighted by molar-refractivity contribution is -0.115. The molecular weight excluding hydrogens is 252 g/mol. The van der Waals surface area contributed by atoms with Gasteiger partial charge in [0.1, 0.15) is 0 Å². The van der Waals surface area contributed by atoms with Crippen molar-refractivity contribution < 1.29 is 4.79 Å². The smallest absolute Gasteiger partial charge is 0.237 e. The second-order valence-corrected chi connectivity index (χ2v) is 5.90. The number of thioether (sulfide) groups is 1. The molecule has 1 atom stereocenters. The maximum Gasteiger partial charge on any atom is 0.237 e. The Morgan fingerprint density at radius 1 is 1.53 bits per heavy atom. The predicted molar refractivity (Wildman–Crippen MR) is 75.7 cm³/mol. The van der Waals surface area contributed by atoms with Gasteiger partial charge in [0.2, 0.25) is 5.91 Å². The summed E-state index contributed by atoms with van der Waals surface area (Å²) in [5.41, 5.74) is 2.12.